The Labute approximate surface area is 150 Å². The van der Waals surface area contributed by atoms with Crippen LogP contribution in [0.15, 0.2) is 24.3 Å². The smallest absolute Gasteiger partial charge is 0.220 e. The normalized spacial score (nSPS) is 17.9. The van der Waals surface area contributed by atoms with Crippen molar-refractivity contribution >= 4 is 11.7 Å². The van der Waals surface area contributed by atoms with E-state index in [9.17, 15) is 9.59 Å². The molecule has 0 bridgehead atoms. The zero-order valence-electron chi connectivity index (χ0n) is 15.4. The van der Waals surface area contributed by atoms with Crippen molar-refractivity contribution < 1.29 is 14.3 Å². The summed E-state index contributed by atoms with van der Waals surface area (Å²) in [6.45, 7) is 8.34. The molecule has 1 unspecified atom stereocenters. The Bertz CT molecular complexity index is 574. The van der Waals surface area contributed by atoms with Crippen molar-refractivity contribution in [3.8, 4) is 5.75 Å². The second-order valence-electron chi connectivity index (χ2n) is 6.74. The van der Waals surface area contributed by atoms with Crippen LogP contribution in [0.4, 0.5) is 0 Å². The van der Waals surface area contributed by atoms with Gasteiger partial charge in [0.15, 0.2) is 5.78 Å². The number of piperidine rings is 1. The van der Waals surface area contributed by atoms with Gasteiger partial charge in [0.25, 0.3) is 0 Å². The maximum atomic E-state index is 12.0. The van der Waals surface area contributed by atoms with Crippen LogP contribution in [-0.2, 0) is 4.79 Å². The number of carbonyl (C=O) groups is 2. The van der Waals surface area contributed by atoms with E-state index in [1.165, 1.54) is 26.3 Å². The minimum Gasteiger partial charge on any atom is -0.494 e. The summed E-state index contributed by atoms with van der Waals surface area (Å²) in [6.07, 6.45) is 3.56. The fourth-order valence-corrected chi connectivity index (χ4v) is 3.18. The highest BCUT2D eigenvalue weighted by atomic mass is 16.5. The van der Waals surface area contributed by atoms with Gasteiger partial charge in [0, 0.05) is 25.1 Å². The molecule has 1 heterocycles. The lowest BCUT2D eigenvalue weighted by atomic mass is 9.98. The van der Waals surface area contributed by atoms with Crippen LogP contribution in [0.1, 0.15) is 49.9 Å². The number of Topliss-reactive ketones (excluding diaryl/α,β-unsaturated/α-hetero) is 1. The molecule has 1 fully saturated rings. The Morgan fingerprint density at radius 2 is 2.20 bits per heavy atom. The van der Waals surface area contributed by atoms with E-state index in [0.29, 0.717) is 36.7 Å². The van der Waals surface area contributed by atoms with Crippen LogP contribution in [0.25, 0.3) is 0 Å². The van der Waals surface area contributed by atoms with E-state index in [2.05, 4.69) is 17.1 Å². The maximum absolute atomic E-state index is 12.0. The Morgan fingerprint density at radius 1 is 1.36 bits per heavy atom. The predicted molar refractivity (Wildman–Crippen MR) is 99.0 cm³/mol. The Hall–Kier alpha value is -1.88. The van der Waals surface area contributed by atoms with E-state index in [1.54, 1.807) is 12.1 Å². The van der Waals surface area contributed by atoms with Gasteiger partial charge in [-0.15, -0.1) is 0 Å². The summed E-state index contributed by atoms with van der Waals surface area (Å²) in [5, 5.41) is 3.05. The molecule has 25 heavy (non-hydrogen) atoms. The van der Waals surface area contributed by atoms with Crippen LogP contribution in [0, 0.1) is 5.92 Å². The minimum absolute atomic E-state index is 0.0224. The molecule has 0 radical (unpaired) electrons. The first-order chi connectivity index (χ1) is 12.1. The first kappa shape index (κ1) is 19.4. The van der Waals surface area contributed by atoms with Crippen molar-refractivity contribution in [2.45, 2.75) is 39.5 Å². The molecule has 138 valence electrons. The number of ether oxygens (including phenoxy) is 1. The van der Waals surface area contributed by atoms with Gasteiger partial charge in [0.1, 0.15) is 5.75 Å². The number of nitrogens with zero attached hydrogens (tertiary/aromatic N) is 1. The van der Waals surface area contributed by atoms with E-state index in [4.69, 9.17) is 4.74 Å². The average Bonchev–Trinajstić information content (AvgIpc) is 2.64. The second-order valence-corrected chi connectivity index (χ2v) is 6.74. The number of nitrogens with one attached hydrogen (secondary N) is 1. The highest BCUT2D eigenvalue weighted by Gasteiger charge is 2.18. The lowest BCUT2D eigenvalue weighted by Gasteiger charge is -2.31. The van der Waals surface area contributed by atoms with E-state index in [-0.39, 0.29) is 11.7 Å². The SMILES string of the molecule is CCN1CCCC(CNC(=O)CCCOc2cccc(C(C)=O)c2)C1. The van der Waals surface area contributed by atoms with Crippen LogP contribution in [0.5, 0.6) is 5.75 Å². The standard InChI is InChI=1S/C20H30N2O3/c1-3-22-11-5-7-17(15-22)14-21-20(24)10-6-12-25-19-9-4-8-18(13-19)16(2)23/h4,8-9,13,17H,3,5-7,10-12,14-15H2,1-2H3,(H,21,24). The van der Waals surface area contributed by atoms with Crippen molar-refractivity contribution in [3.05, 3.63) is 29.8 Å². The minimum atomic E-state index is 0.0224. The van der Waals surface area contributed by atoms with Crippen LogP contribution in [0.3, 0.4) is 0 Å². The molecule has 5 nitrogen and oxygen atoms in total. The van der Waals surface area contributed by atoms with Crippen LogP contribution >= 0.6 is 0 Å². The summed E-state index contributed by atoms with van der Waals surface area (Å²) in [5.74, 6) is 1.36. The summed E-state index contributed by atoms with van der Waals surface area (Å²) < 4.78 is 5.63. The molecule has 2 rings (SSSR count). The van der Waals surface area contributed by atoms with Gasteiger partial charge in [-0.2, -0.15) is 0 Å². The Morgan fingerprint density at radius 3 is 2.96 bits per heavy atom. The number of likely N-dealkylation sites (tertiary alicyclic amines) is 1. The highest BCUT2D eigenvalue weighted by Crippen LogP contribution is 2.16. The molecule has 0 aliphatic carbocycles. The van der Waals surface area contributed by atoms with Gasteiger partial charge in [0.2, 0.25) is 5.91 Å². The first-order valence-electron chi connectivity index (χ1n) is 9.31. The second kappa shape index (κ2) is 10.2. The summed E-state index contributed by atoms with van der Waals surface area (Å²) in [4.78, 5) is 25.8. The van der Waals surface area contributed by atoms with E-state index in [0.717, 1.165) is 19.6 Å². The molecule has 1 aliphatic heterocycles. The molecule has 1 N–H and O–H groups in total. The maximum Gasteiger partial charge on any atom is 0.220 e. The van der Waals surface area contributed by atoms with Crippen molar-refractivity contribution in [1.82, 2.24) is 10.2 Å². The Balaban J connectivity index is 1.61. The van der Waals surface area contributed by atoms with E-state index in [1.807, 2.05) is 12.1 Å². The molecular formula is C20H30N2O3. The van der Waals surface area contributed by atoms with Gasteiger partial charge in [-0.05, 0) is 57.3 Å². The quantitative estimate of drug-likeness (QED) is 0.552. The summed E-state index contributed by atoms with van der Waals surface area (Å²) >= 11 is 0. The number of hydrogen-bond acceptors (Lipinski definition) is 4. The largest absolute Gasteiger partial charge is 0.494 e. The summed E-state index contributed by atoms with van der Waals surface area (Å²) in [6, 6.07) is 7.15. The molecule has 1 atom stereocenters. The third-order valence-electron chi connectivity index (χ3n) is 4.70. The van der Waals surface area contributed by atoms with E-state index >= 15 is 0 Å². The monoisotopic (exact) mass is 346 g/mol. The van der Waals surface area contributed by atoms with Crippen molar-refractivity contribution in [2.75, 3.05) is 32.8 Å². The number of ketones is 1. The number of rotatable bonds is 9. The molecule has 1 saturated heterocycles. The number of benzene rings is 1. The van der Waals surface area contributed by atoms with Gasteiger partial charge in [0.05, 0.1) is 6.61 Å². The molecule has 5 heteroatoms. The van der Waals surface area contributed by atoms with Gasteiger partial charge in [-0.1, -0.05) is 19.1 Å². The van der Waals surface area contributed by atoms with Crippen LogP contribution in [-0.4, -0.2) is 49.4 Å². The molecule has 0 spiro atoms. The molecule has 0 saturated carbocycles. The summed E-state index contributed by atoms with van der Waals surface area (Å²) in [5.41, 5.74) is 0.642. The molecule has 1 aromatic carbocycles. The number of carbonyl (C=O) groups excluding carboxylic acids is 2. The Kier molecular flexibility index (Phi) is 7.92. The fraction of sp³-hybridized carbons (Fsp3) is 0.600. The van der Waals surface area contributed by atoms with Gasteiger partial charge >= 0.3 is 0 Å². The molecule has 1 aliphatic rings. The summed E-state index contributed by atoms with van der Waals surface area (Å²) in [7, 11) is 0. The van der Waals surface area contributed by atoms with E-state index < -0.39 is 0 Å². The van der Waals surface area contributed by atoms with Gasteiger partial charge < -0.3 is 15.0 Å². The van der Waals surface area contributed by atoms with Crippen LogP contribution in [0.2, 0.25) is 0 Å². The first-order valence-corrected chi connectivity index (χ1v) is 9.31. The topological polar surface area (TPSA) is 58.6 Å². The van der Waals surface area contributed by atoms with Crippen molar-refractivity contribution in [2.24, 2.45) is 5.92 Å². The fourth-order valence-electron chi connectivity index (χ4n) is 3.18. The zero-order chi connectivity index (χ0) is 18.1. The molecular weight excluding hydrogens is 316 g/mol. The number of amides is 1. The lowest BCUT2D eigenvalue weighted by Crippen LogP contribution is -2.40. The average molecular weight is 346 g/mol. The number of hydrogen-bond donors (Lipinski definition) is 1. The molecule has 1 amide bonds. The third-order valence-corrected chi connectivity index (χ3v) is 4.70. The van der Waals surface area contributed by atoms with Gasteiger partial charge in [-0.3, -0.25) is 9.59 Å². The highest BCUT2D eigenvalue weighted by molar-refractivity contribution is 5.94. The van der Waals surface area contributed by atoms with Gasteiger partial charge in [-0.25, -0.2) is 0 Å². The van der Waals surface area contributed by atoms with Crippen molar-refractivity contribution in [3.63, 3.8) is 0 Å². The van der Waals surface area contributed by atoms with Crippen molar-refractivity contribution in [1.29, 1.82) is 0 Å². The third kappa shape index (κ3) is 6.86. The molecule has 1 aromatic rings. The van der Waals surface area contributed by atoms with Crippen LogP contribution < -0.4 is 10.1 Å². The zero-order valence-corrected chi connectivity index (χ0v) is 15.4. The lowest BCUT2D eigenvalue weighted by molar-refractivity contribution is -0.121. The molecule has 0 aromatic heterocycles. The predicted octanol–water partition coefficient (Wildman–Crippen LogP) is 2.90.